The van der Waals surface area contributed by atoms with Gasteiger partial charge in [-0.1, -0.05) is 6.92 Å². The maximum atomic E-state index is 11.8. The summed E-state index contributed by atoms with van der Waals surface area (Å²) in [6.07, 6.45) is 2.89. The highest BCUT2D eigenvalue weighted by Crippen LogP contribution is 2.10. The van der Waals surface area contributed by atoms with E-state index in [0.29, 0.717) is 13.1 Å². The normalized spacial score (nSPS) is 21.2. The predicted molar refractivity (Wildman–Crippen MR) is 62.3 cm³/mol. The van der Waals surface area contributed by atoms with Crippen LogP contribution in [0.1, 0.15) is 26.2 Å². The molecule has 1 aliphatic rings. The quantitative estimate of drug-likeness (QED) is 0.730. The zero-order chi connectivity index (χ0) is 12.0. The van der Waals surface area contributed by atoms with E-state index < -0.39 is 15.8 Å². The molecule has 16 heavy (non-hydrogen) atoms. The van der Waals surface area contributed by atoms with Crippen LogP contribution in [0.5, 0.6) is 0 Å². The van der Waals surface area contributed by atoms with E-state index in [1.165, 1.54) is 4.31 Å². The van der Waals surface area contributed by atoms with Gasteiger partial charge in [-0.15, -0.1) is 0 Å². The van der Waals surface area contributed by atoms with E-state index in [4.69, 9.17) is 5.26 Å². The smallest absolute Gasteiger partial charge is 0.227 e. The first kappa shape index (κ1) is 13.4. The summed E-state index contributed by atoms with van der Waals surface area (Å²) in [5, 5.41) is 11.8. The van der Waals surface area contributed by atoms with Crippen LogP contribution in [0.4, 0.5) is 0 Å². The van der Waals surface area contributed by atoms with Crippen molar-refractivity contribution in [3.8, 4) is 6.07 Å². The molecule has 1 fully saturated rings. The molecule has 0 bridgehead atoms. The Labute approximate surface area is 97.5 Å². The molecule has 0 aromatic rings. The number of hydrogen-bond acceptors (Lipinski definition) is 4. The van der Waals surface area contributed by atoms with Gasteiger partial charge in [-0.25, -0.2) is 8.42 Å². The van der Waals surface area contributed by atoms with Gasteiger partial charge in [0.05, 0.1) is 6.07 Å². The molecule has 92 valence electrons. The topological polar surface area (TPSA) is 73.2 Å². The number of sulfonamides is 1. The predicted octanol–water partition coefficient (Wildman–Crippen LogP) is 0.304. The second-order valence-electron chi connectivity index (χ2n) is 4.07. The van der Waals surface area contributed by atoms with Crippen molar-refractivity contribution in [2.45, 2.75) is 32.2 Å². The Kier molecular flexibility index (Phi) is 5.19. The van der Waals surface area contributed by atoms with Crippen molar-refractivity contribution in [2.75, 3.05) is 25.4 Å². The van der Waals surface area contributed by atoms with Gasteiger partial charge in [-0.2, -0.15) is 9.57 Å². The molecule has 0 aromatic carbocycles. The molecule has 0 aliphatic carbocycles. The maximum absolute atomic E-state index is 11.8. The molecule has 1 aliphatic heterocycles. The fourth-order valence-corrected chi connectivity index (χ4v) is 3.14. The Morgan fingerprint density at radius 2 is 2.31 bits per heavy atom. The monoisotopic (exact) mass is 245 g/mol. The molecule has 0 aromatic heterocycles. The highest BCUT2D eigenvalue weighted by Gasteiger charge is 2.25. The molecule has 1 unspecified atom stereocenters. The van der Waals surface area contributed by atoms with Crippen LogP contribution in [0.15, 0.2) is 0 Å². The van der Waals surface area contributed by atoms with Gasteiger partial charge >= 0.3 is 0 Å². The third kappa shape index (κ3) is 3.74. The van der Waals surface area contributed by atoms with Crippen molar-refractivity contribution in [1.29, 1.82) is 5.26 Å². The third-order valence-electron chi connectivity index (χ3n) is 2.70. The Balaban J connectivity index is 2.62. The maximum Gasteiger partial charge on any atom is 0.227 e. The minimum atomic E-state index is -3.39. The van der Waals surface area contributed by atoms with Crippen molar-refractivity contribution in [3.63, 3.8) is 0 Å². The van der Waals surface area contributed by atoms with Crippen LogP contribution in [-0.2, 0) is 10.0 Å². The summed E-state index contributed by atoms with van der Waals surface area (Å²) in [6.45, 7) is 3.90. The van der Waals surface area contributed by atoms with Crippen molar-refractivity contribution < 1.29 is 8.42 Å². The molecule has 0 amide bonds. The minimum absolute atomic E-state index is 0.250. The van der Waals surface area contributed by atoms with Crippen molar-refractivity contribution in [2.24, 2.45) is 0 Å². The number of hydrogen-bond donors (Lipinski definition) is 1. The van der Waals surface area contributed by atoms with Gasteiger partial charge in [-0.3, -0.25) is 0 Å². The zero-order valence-corrected chi connectivity index (χ0v) is 10.5. The van der Waals surface area contributed by atoms with Crippen LogP contribution in [0.3, 0.4) is 0 Å². The lowest BCUT2D eigenvalue weighted by atomic mass is 10.2. The Bertz CT molecular complexity index is 342. The highest BCUT2D eigenvalue weighted by atomic mass is 32.2. The first-order chi connectivity index (χ1) is 7.60. The number of rotatable bonds is 6. The van der Waals surface area contributed by atoms with Gasteiger partial charge < -0.3 is 5.32 Å². The molecule has 1 N–H and O–H groups in total. The second kappa shape index (κ2) is 6.18. The summed E-state index contributed by atoms with van der Waals surface area (Å²) >= 11 is 0. The molecule has 1 atom stereocenters. The van der Waals surface area contributed by atoms with Crippen LogP contribution < -0.4 is 5.32 Å². The molecule has 0 spiro atoms. The lowest BCUT2D eigenvalue weighted by Crippen LogP contribution is -2.42. The summed E-state index contributed by atoms with van der Waals surface area (Å²) in [4.78, 5) is 0. The fraction of sp³-hybridized carbons (Fsp3) is 0.900. The van der Waals surface area contributed by atoms with Gasteiger partial charge in [0.25, 0.3) is 0 Å². The number of nitrogens with one attached hydrogen (secondary N) is 1. The highest BCUT2D eigenvalue weighted by molar-refractivity contribution is 7.89. The van der Waals surface area contributed by atoms with Crippen LogP contribution in [-0.4, -0.2) is 44.2 Å². The second-order valence-corrected chi connectivity index (χ2v) is 6.03. The third-order valence-corrected chi connectivity index (χ3v) is 4.31. The van der Waals surface area contributed by atoms with Crippen LogP contribution in [0.25, 0.3) is 0 Å². The van der Waals surface area contributed by atoms with Gasteiger partial charge in [0.15, 0.2) is 5.75 Å². The van der Waals surface area contributed by atoms with Crippen molar-refractivity contribution in [1.82, 2.24) is 9.62 Å². The number of nitriles is 1. The summed E-state index contributed by atoms with van der Waals surface area (Å²) in [6, 6.07) is 1.97. The molecule has 5 nitrogen and oxygen atoms in total. The average molecular weight is 245 g/mol. The first-order valence-corrected chi connectivity index (χ1v) is 7.29. The molecule has 1 saturated heterocycles. The largest absolute Gasteiger partial charge is 0.313 e. The minimum Gasteiger partial charge on any atom is -0.313 e. The SMILES string of the molecule is CCCN(CC1CCCN1)S(=O)(=O)CC#N. The van der Waals surface area contributed by atoms with E-state index in [1.807, 2.05) is 6.92 Å². The van der Waals surface area contributed by atoms with E-state index in [9.17, 15) is 8.42 Å². The van der Waals surface area contributed by atoms with Gasteiger partial charge in [0, 0.05) is 19.1 Å². The fourth-order valence-electron chi connectivity index (χ4n) is 1.92. The van der Waals surface area contributed by atoms with Crippen molar-refractivity contribution in [3.05, 3.63) is 0 Å². The van der Waals surface area contributed by atoms with Gasteiger partial charge in [-0.05, 0) is 25.8 Å². The molecular formula is C10H19N3O2S. The number of nitrogens with zero attached hydrogens (tertiary/aromatic N) is 2. The Morgan fingerprint density at radius 3 is 2.81 bits per heavy atom. The van der Waals surface area contributed by atoms with E-state index in [1.54, 1.807) is 6.07 Å². The van der Waals surface area contributed by atoms with Crippen LogP contribution in [0.2, 0.25) is 0 Å². The standard InChI is InChI=1S/C10H19N3O2S/c1-2-7-13(16(14,15)8-5-11)9-10-4-3-6-12-10/h10,12H,2-4,6-9H2,1H3. The Hall–Kier alpha value is -0.640. The summed E-state index contributed by atoms with van der Waals surface area (Å²) in [5.74, 6) is -0.417. The van der Waals surface area contributed by atoms with E-state index in [0.717, 1.165) is 25.8 Å². The van der Waals surface area contributed by atoms with E-state index in [-0.39, 0.29) is 6.04 Å². The molecule has 6 heteroatoms. The first-order valence-electron chi connectivity index (χ1n) is 5.68. The van der Waals surface area contributed by atoms with Gasteiger partial charge in [0.1, 0.15) is 0 Å². The van der Waals surface area contributed by atoms with E-state index in [2.05, 4.69) is 5.32 Å². The molecular weight excluding hydrogens is 226 g/mol. The molecule has 1 heterocycles. The Morgan fingerprint density at radius 1 is 1.56 bits per heavy atom. The van der Waals surface area contributed by atoms with Crippen molar-refractivity contribution >= 4 is 10.0 Å². The summed E-state index contributed by atoms with van der Waals surface area (Å²) in [5.41, 5.74) is 0. The molecule has 0 radical (unpaired) electrons. The lowest BCUT2D eigenvalue weighted by Gasteiger charge is -2.23. The van der Waals surface area contributed by atoms with E-state index >= 15 is 0 Å². The zero-order valence-electron chi connectivity index (χ0n) is 9.65. The van der Waals surface area contributed by atoms with Gasteiger partial charge in [0.2, 0.25) is 10.0 Å². The molecule has 0 saturated carbocycles. The van der Waals surface area contributed by atoms with Crippen LogP contribution >= 0.6 is 0 Å². The summed E-state index contributed by atoms with van der Waals surface area (Å²) in [7, 11) is -3.39. The average Bonchev–Trinajstić information content (AvgIpc) is 2.69. The van der Waals surface area contributed by atoms with Crippen LogP contribution in [0, 0.1) is 11.3 Å². The lowest BCUT2D eigenvalue weighted by molar-refractivity contribution is 0.371. The summed E-state index contributed by atoms with van der Waals surface area (Å²) < 4.78 is 25.0. The molecule has 1 rings (SSSR count).